The molecule has 0 unspecified atom stereocenters. The van der Waals surface area contributed by atoms with Crippen LogP contribution in [0.2, 0.25) is 0 Å². The van der Waals surface area contributed by atoms with E-state index in [-0.39, 0.29) is 37.4 Å². The Hall–Kier alpha value is -3.86. The summed E-state index contributed by atoms with van der Waals surface area (Å²) in [6, 6.07) is 17.0. The second-order valence-corrected chi connectivity index (χ2v) is 11.5. The molecule has 10 nitrogen and oxygen atoms in total. The third-order valence-electron chi connectivity index (χ3n) is 5.05. The van der Waals surface area contributed by atoms with Crippen LogP contribution in [0, 0.1) is 0 Å². The van der Waals surface area contributed by atoms with Crippen molar-refractivity contribution in [2.24, 2.45) is 0 Å². The summed E-state index contributed by atoms with van der Waals surface area (Å²) >= 11 is 0. The molecule has 0 saturated heterocycles. The molecule has 0 aliphatic heterocycles. The summed E-state index contributed by atoms with van der Waals surface area (Å²) in [6.45, 7) is 6.89. The highest BCUT2D eigenvalue weighted by molar-refractivity contribution is 7.89. The Morgan fingerprint density at radius 2 is 1.59 bits per heavy atom. The Morgan fingerprint density at radius 1 is 0.974 bits per heavy atom. The second kappa shape index (κ2) is 14.9. The lowest BCUT2D eigenvalue weighted by atomic mass is 10.1. The standard InChI is InChI=1S/C28H37N3O7S/c1-5-37-26(33)24(20-22-15-10-7-11-16-22)31-39(35,36)18-12-17-29-25(32)23(19-21-13-8-6-9-14-21)30-27(34)38-28(2,3)4/h6-11,13-16,20,23,31H,5,12,17-19H2,1-4H3,(H,29,32)(H,30,34)/b24-20+/t23-/m0/s1. The Kier molecular flexibility index (Phi) is 12.0. The van der Waals surface area contributed by atoms with Gasteiger partial charge >= 0.3 is 12.1 Å². The fraction of sp³-hybridized carbons (Fsp3) is 0.393. The van der Waals surface area contributed by atoms with Gasteiger partial charge in [0.2, 0.25) is 15.9 Å². The number of amides is 2. The molecule has 0 bridgehead atoms. The number of benzene rings is 2. The summed E-state index contributed by atoms with van der Waals surface area (Å²) in [6.07, 6.45) is 0.946. The summed E-state index contributed by atoms with van der Waals surface area (Å²) in [7, 11) is -3.93. The van der Waals surface area contributed by atoms with Crippen LogP contribution in [0.5, 0.6) is 0 Å². The van der Waals surface area contributed by atoms with Crippen LogP contribution in [-0.2, 0) is 35.5 Å². The van der Waals surface area contributed by atoms with Crippen molar-refractivity contribution in [2.45, 2.75) is 52.2 Å². The normalized spacial score (nSPS) is 12.7. The van der Waals surface area contributed by atoms with Crippen LogP contribution < -0.4 is 15.4 Å². The zero-order chi connectivity index (χ0) is 28.9. The van der Waals surface area contributed by atoms with Crippen molar-refractivity contribution in [3.63, 3.8) is 0 Å². The lowest BCUT2D eigenvalue weighted by Gasteiger charge is -2.23. The monoisotopic (exact) mass is 559 g/mol. The molecular weight excluding hydrogens is 522 g/mol. The van der Waals surface area contributed by atoms with Crippen LogP contribution in [0.15, 0.2) is 66.4 Å². The summed E-state index contributed by atoms with van der Waals surface area (Å²) in [5.74, 6) is -1.64. The molecule has 0 aliphatic carbocycles. The number of hydrogen-bond acceptors (Lipinski definition) is 7. The number of sulfonamides is 1. The maximum Gasteiger partial charge on any atom is 0.408 e. The van der Waals surface area contributed by atoms with Gasteiger partial charge in [0, 0.05) is 13.0 Å². The fourth-order valence-electron chi connectivity index (χ4n) is 3.38. The SMILES string of the molecule is CCOC(=O)/C(=C\c1ccccc1)NS(=O)(=O)CCCNC(=O)[C@H](Cc1ccccc1)NC(=O)OC(C)(C)C. The maximum atomic E-state index is 12.9. The Labute approximate surface area is 230 Å². The largest absolute Gasteiger partial charge is 0.461 e. The van der Waals surface area contributed by atoms with E-state index in [0.717, 1.165) is 5.56 Å². The molecule has 11 heteroatoms. The van der Waals surface area contributed by atoms with Crippen molar-refractivity contribution in [1.82, 2.24) is 15.4 Å². The van der Waals surface area contributed by atoms with Gasteiger partial charge in [-0.2, -0.15) is 0 Å². The van der Waals surface area contributed by atoms with E-state index in [9.17, 15) is 22.8 Å². The lowest BCUT2D eigenvalue weighted by molar-refractivity contribution is -0.138. The molecule has 2 amide bonds. The van der Waals surface area contributed by atoms with Gasteiger partial charge in [0.25, 0.3) is 0 Å². The minimum Gasteiger partial charge on any atom is -0.461 e. The lowest BCUT2D eigenvalue weighted by Crippen LogP contribution is -2.49. The van der Waals surface area contributed by atoms with Gasteiger partial charge in [0.1, 0.15) is 17.3 Å². The number of carbonyl (C=O) groups is 3. The van der Waals surface area contributed by atoms with E-state index in [1.54, 1.807) is 58.0 Å². The van der Waals surface area contributed by atoms with E-state index in [2.05, 4.69) is 15.4 Å². The van der Waals surface area contributed by atoms with Gasteiger partial charge in [-0.05, 0) is 51.3 Å². The van der Waals surface area contributed by atoms with Gasteiger partial charge < -0.3 is 20.1 Å². The molecule has 0 radical (unpaired) electrons. The highest BCUT2D eigenvalue weighted by Crippen LogP contribution is 2.10. The average molecular weight is 560 g/mol. The van der Waals surface area contributed by atoms with E-state index in [0.29, 0.717) is 5.56 Å². The predicted molar refractivity (Wildman–Crippen MR) is 149 cm³/mol. The first kappa shape index (κ1) is 31.4. The molecule has 0 fully saturated rings. The molecular formula is C28H37N3O7S. The highest BCUT2D eigenvalue weighted by Gasteiger charge is 2.25. The maximum absolute atomic E-state index is 12.9. The van der Waals surface area contributed by atoms with Crippen LogP contribution in [-0.4, -0.2) is 56.9 Å². The van der Waals surface area contributed by atoms with Gasteiger partial charge in [-0.15, -0.1) is 0 Å². The number of carbonyl (C=O) groups excluding carboxylic acids is 3. The number of rotatable bonds is 13. The molecule has 1 atom stereocenters. The Morgan fingerprint density at radius 3 is 2.18 bits per heavy atom. The quantitative estimate of drug-likeness (QED) is 0.195. The summed E-state index contributed by atoms with van der Waals surface area (Å²) in [4.78, 5) is 37.5. The molecule has 0 aliphatic rings. The Balaban J connectivity index is 1.99. The van der Waals surface area contributed by atoms with Gasteiger partial charge in [0.05, 0.1) is 12.4 Å². The van der Waals surface area contributed by atoms with Crippen molar-refractivity contribution in [2.75, 3.05) is 18.9 Å². The first-order valence-corrected chi connectivity index (χ1v) is 14.3. The van der Waals surface area contributed by atoms with Crippen LogP contribution in [0.4, 0.5) is 4.79 Å². The van der Waals surface area contributed by atoms with Crippen molar-refractivity contribution in [3.8, 4) is 0 Å². The number of alkyl carbamates (subject to hydrolysis) is 1. The molecule has 0 aromatic heterocycles. The summed E-state index contributed by atoms with van der Waals surface area (Å²) in [5, 5.41) is 5.26. The van der Waals surface area contributed by atoms with Gasteiger partial charge in [-0.1, -0.05) is 60.7 Å². The van der Waals surface area contributed by atoms with Crippen LogP contribution >= 0.6 is 0 Å². The first-order chi connectivity index (χ1) is 18.4. The average Bonchev–Trinajstić information content (AvgIpc) is 2.86. The van der Waals surface area contributed by atoms with Crippen molar-refractivity contribution in [3.05, 3.63) is 77.5 Å². The number of hydrogen-bond donors (Lipinski definition) is 3. The Bertz CT molecular complexity index is 1220. The molecule has 0 heterocycles. The molecule has 3 N–H and O–H groups in total. The van der Waals surface area contributed by atoms with Gasteiger partial charge in [0.15, 0.2) is 0 Å². The zero-order valence-electron chi connectivity index (χ0n) is 22.7. The molecule has 2 rings (SSSR count). The molecule has 2 aromatic rings. The number of esters is 1. The van der Waals surface area contributed by atoms with E-state index in [1.807, 2.05) is 30.3 Å². The zero-order valence-corrected chi connectivity index (χ0v) is 23.5. The fourth-order valence-corrected chi connectivity index (χ4v) is 4.48. The molecule has 0 spiro atoms. The van der Waals surface area contributed by atoms with Gasteiger partial charge in [-0.3, -0.25) is 9.52 Å². The van der Waals surface area contributed by atoms with Crippen molar-refractivity contribution < 1.29 is 32.3 Å². The highest BCUT2D eigenvalue weighted by atomic mass is 32.2. The number of nitrogens with one attached hydrogen (secondary N) is 3. The predicted octanol–water partition coefficient (Wildman–Crippen LogP) is 3.15. The van der Waals surface area contributed by atoms with Crippen molar-refractivity contribution in [1.29, 1.82) is 0 Å². The first-order valence-electron chi connectivity index (χ1n) is 12.6. The molecule has 2 aromatic carbocycles. The summed E-state index contributed by atoms with van der Waals surface area (Å²) < 4.78 is 37.9. The van der Waals surface area contributed by atoms with Crippen LogP contribution in [0.25, 0.3) is 6.08 Å². The molecule has 39 heavy (non-hydrogen) atoms. The second-order valence-electron chi connectivity index (χ2n) is 9.64. The minimum atomic E-state index is -3.93. The third kappa shape index (κ3) is 12.5. The molecule has 0 saturated carbocycles. The summed E-state index contributed by atoms with van der Waals surface area (Å²) in [5.41, 5.74) is 0.502. The number of ether oxygens (including phenoxy) is 2. The molecule has 212 valence electrons. The topological polar surface area (TPSA) is 140 Å². The van der Waals surface area contributed by atoms with Gasteiger partial charge in [-0.25, -0.2) is 18.0 Å². The van der Waals surface area contributed by atoms with E-state index >= 15 is 0 Å². The third-order valence-corrected chi connectivity index (χ3v) is 6.41. The van der Waals surface area contributed by atoms with Crippen LogP contribution in [0.3, 0.4) is 0 Å². The van der Waals surface area contributed by atoms with E-state index in [1.165, 1.54) is 6.08 Å². The van der Waals surface area contributed by atoms with E-state index in [4.69, 9.17) is 9.47 Å². The minimum absolute atomic E-state index is 0.0260. The van der Waals surface area contributed by atoms with Crippen molar-refractivity contribution >= 4 is 34.1 Å². The smallest absolute Gasteiger partial charge is 0.408 e. The van der Waals surface area contributed by atoms with E-state index < -0.39 is 39.6 Å². The van der Waals surface area contributed by atoms with Crippen LogP contribution in [0.1, 0.15) is 45.2 Å².